The molecule has 41 heavy (non-hydrogen) atoms. The third-order valence-electron chi connectivity index (χ3n) is 5.50. The summed E-state index contributed by atoms with van der Waals surface area (Å²) in [5.41, 5.74) is 0.105. The maximum Gasteiger partial charge on any atom is 0.404 e. The van der Waals surface area contributed by atoms with E-state index in [9.17, 15) is 17.6 Å². The van der Waals surface area contributed by atoms with Crippen molar-refractivity contribution >= 4 is 53.2 Å². The average Bonchev–Trinajstić information content (AvgIpc) is 2.89. The normalized spacial score (nSPS) is 11.7. The van der Waals surface area contributed by atoms with Crippen LogP contribution in [0.15, 0.2) is 47.5 Å². The fourth-order valence-corrected chi connectivity index (χ4v) is 6.10. The Morgan fingerprint density at radius 1 is 1.20 bits per heavy atom. The number of hydrogen-bond acceptors (Lipinski definition) is 8. The predicted octanol–water partition coefficient (Wildman–Crippen LogP) is 6.00. The molecule has 0 atom stereocenters. The van der Waals surface area contributed by atoms with Crippen LogP contribution >= 0.6 is 23.2 Å². The molecule has 1 aromatic heterocycles. The minimum Gasteiger partial charge on any atom is -0.478 e. The summed E-state index contributed by atoms with van der Waals surface area (Å²) < 4.78 is 59.5. The highest BCUT2D eigenvalue weighted by Crippen LogP contribution is 2.36. The third kappa shape index (κ3) is 8.66. The molecule has 0 fully saturated rings. The van der Waals surface area contributed by atoms with Crippen LogP contribution in [0, 0.1) is 5.82 Å². The van der Waals surface area contributed by atoms with Gasteiger partial charge in [0.15, 0.2) is 0 Å². The van der Waals surface area contributed by atoms with Gasteiger partial charge in [-0.15, -0.1) is 0 Å². The number of carbonyl (C=O) groups is 1. The summed E-state index contributed by atoms with van der Waals surface area (Å²) in [5, 5.41) is 10.7. The van der Waals surface area contributed by atoms with Gasteiger partial charge in [0.2, 0.25) is 11.7 Å². The van der Waals surface area contributed by atoms with E-state index in [-0.39, 0.29) is 50.4 Å². The number of aromatic nitrogens is 2. The number of halogens is 3. The Morgan fingerprint density at radius 2 is 1.93 bits per heavy atom. The predicted molar refractivity (Wildman–Crippen MR) is 155 cm³/mol. The maximum atomic E-state index is 14.4. The molecule has 16 heteroatoms. The number of nitrogens with zero attached hydrogens (tertiary/aromatic N) is 3. The molecule has 2 aromatic carbocycles. The van der Waals surface area contributed by atoms with E-state index in [1.165, 1.54) is 37.4 Å². The van der Waals surface area contributed by atoms with E-state index in [0.717, 1.165) is 22.6 Å². The number of nitrogens with one attached hydrogen (secondary N) is 1. The molecule has 11 nitrogen and oxygen atoms in total. The second-order valence-corrected chi connectivity index (χ2v) is 18.0. The number of anilines is 1. The summed E-state index contributed by atoms with van der Waals surface area (Å²) in [6, 6.07) is 8.81. The molecule has 0 aliphatic rings. The van der Waals surface area contributed by atoms with Gasteiger partial charge in [-0.25, -0.2) is 26.9 Å². The maximum absolute atomic E-state index is 14.4. The van der Waals surface area contributed by atoms with Gasteiger partial charge < -0.3 is 24.6 Å². The van der Waals surface area contributed by atoms with Crippen LogP contribution in [0.25, 0.3) is 0 Å². The van der Waals surface area contributed by atoms with Gasteiger partial charge in [-0.1, -0.05) is 55.0 Å². The molecule has 3 rings (SSSR count). The minimum absolute atomic E-state index is 0.0375. The number of ether oxygens (including phenoxy) is 3. The zero-order valence-electron chi connectivity index (χ0n) is 22.7. The lowest BCUT2D eigenvalue weighted by molar-refractivity contribution is 0.155. The lowest BCUT2D eigenvalue weighted by Gasteiger charge is -2.25. The Morgan fingerprint density at radius 3 is 2.56 bits per heavy atom. The molecule has 222 valence electrons. The number of hydrogen-bond donors (Lipinski definition) is 2. The van der Waals surface area contributed by atoms with Gasteiger partial charge in [0.1, 0.15) is 23.2 Å². The molecule has 0 saturated heterocycles. The smallest absolute Gasteiger partial charge is 0.404 e. The van der Waals surface area contributed by atoms with Crippen molar-refractivity contribution in [3.63, 3.8) is 0 Å². The quantitative estimate of drug-likeness (QED) is 0.130. The Bertz CT molecular complexity index is 1510. The van der Waals surface area contributed by atoms with Crippen molar-refractivity contribution in [2.75, 3.05) is 24.8 Å². The van der Waals surface area contributed by atoms with E-state index in [0.29, 0.717) is 6.61 Å². The second-order valence-electron chi connectivity index (χ2n) is 9.81. The summed E-state index contributed by atoms with van der Waals surface area (Å²) in [6.45, 7) is 6.15. The van der Waals surface area contributed by atoms with Crippen LogP contribution < -0.4 is 19.1 Å². The topological polar surface area (TPSA) is 140 Å². The van der Waals surface area contributed by atoms with Crippen molar-refractivity contribution in [1.29, 1.82) is 0 Å². The fourth-order valence-electron chi connectivity index (χ4n) is 3.31. The number of amides is 1. The van der Waals surface area contributed by atoms with E-state index in [2.05, 4.69) is 34.9 Å². The summed E-state index contributed by atoms with van der Waals surface area (Å²) in [6.07, 6.45) is -0.151. The van der Waals surface area contributed by atoms with E-state index in [1.807, 2.05) is 0 Å². The van der Waals surface area contributed by atoms with Gasteiger partial charge in [-0.05, 0) is 24.2 Å². The number of carboxylic acid groups (broad SMARTS) is 1. The summed E-state index contributed by atoms with van der Waals surface area (Å²) in [5.74, 6) is -1.22. The molecule has 3 aromatic rings. The SMILES string of the molecule is COc1nc(Oc2ccc(CNC(=O)O)c(F)c2)cnc1N(COCC[Si](C)(C)C)S(=O)(=O)c1cccc(Cl)c1Cl. The van der Waals surface area contributed by atoms with Crippen LogP contribution in [-0.4, -0.2) is 58.1 Å². The number of methoxy groups -OCH3 is 1. The molecule has 0 aliphatic heterocycles. The van der Waals surface area contributed by atoms with Gasteiger partial charge >= 0.3 is 6.09 Å². The van der Waals surface area contributed by atoms with Crippen LogP contribution in [0.1, 0.15) is 5.56 Å². The van der Waals surface area contributed by atoms with Gasteiger partial charge in [0.05, 0.1) is 23.4 Å². The summed E-state index contributed by atoms with van der Waals surface area (Å²) in [7, 11) is -4.57. The average molecular weight is 648 g/mol. The molecule has 0 bridgehead atoms. The first-order valence-electron chi connectivity index (χ1n) is 12.1. The van der Waals surface area contributed by atoms with E-state index in [4.69, 9.17) is 42.5 Å². The van der Waals surface area contributed by atoms with Crippen LogP contribution in [0.5, 0.6) is 17.5 Å². The van der Waals surface area contributed by atoms with Crippen LogP contribution in [0.3, 0.4) is 0 Å². The molecule has 2 N–H and O–H groups in total. The van der Waals surface area contributed by atoms with Crippen molar-refractivity contribution in [3.05, 3.63) is 64.0 Å². The molecule has 0 spiro atoms. The first kappa shape index (κ1) is 32.3. The van der Waals surface area contributed by atoms with Crippen LogP contribution in [0.4, 0.5) is 15.0 Å². The van der Waals surface area contributed by atoms with Crippen molar-refractivity contribution < 1.29 is 36.9 Å². The summed E-state index contributed by atoms with van der Waals surface area (Å²) in [4.78, 5) is 18.8. The van der Waals surface area contributed by atoms with E-state index >= 15 is 0 Å². The molecule has 0 radical (unpaired) electrons. The highest BCUT2D eigenvalue weighted by Gasteiger charge is 2.32. The fraction of sp³-hybridized carbons (Fsp3) is 0.320. The van der Waals surface area contributed by atoms with Crippen LogP contribution in [0.2, 0.25) is 35.7 Å². The molecule has 1 heterocycles. The lowest BCUT2D eigenvalue weighted by Crippen LogP contribution is -2.35. The Labute approximate surface area is 248 Å². The van der Waals surface area contributed by atoms with Crippen molar-refractivity contribution in [3.8, 4) is 17.5 Å². The Balaban J connectivity index is 1.94. The number of benzene rings is 2. The Hall–Kier alpha value is -3.17. The molecular formula is C25H29Cl2FN4O7SSi. The number of sulfonamides is 1. The largest absolute Gasteiger partial charge is 0.478 e. The monoisotopic (exact) mass is 646 g/mol. The Kier molecular flexibility index (Phi) is 10.8. The minimum atomic E-state index is -4.37. The standard InChI is InChI=1S/C25H29Cl2FN4O7SSi/c1-37-24-23(29-14-21(31-24)39-17-9-8-16(19(28)12-17)13-30-25(33)34)32(15-38-10-11-41(2,3)4)40(35,36)20-7-5-6-18(26)22(20)27/h5-9,12,14,30H,10-11,13,15H2,1-4H3,(H,33,34). The van der Waals surface area contributed by atoms with Crippen molar-refractivity contribution in [2.24, 2.45) is 0 Å². The van der Waals surface area contributed by atoms with E-state index < -0.39 is 36.7 Å². The zero-order valence-corrected chi connectivity index (χ0v) is 26.0. The van der Waals surface area contributed by atoms with Gasteiger partial charge in [0, 0.05) is 32.9 Å². The third-order valence-corrected chi connectivity index (χ3v) is 9.89. The first-order chi connectivity index (χ1) is 19.2. The molecule has 0 unspecified atom stereocenters. The second kappa shape index (κ2) is 13.7. The molecule has 1 amide bonds. The molecule has 0 aliphatic carbocycles. The molecule has 0 saturated carbocycles. The van der Waals surface area contributed by atoms with Crippen LogP contribution in [-0.2, 0) is 21.3 Å². The zero-order chi connectivity index (χ0) is 30.4. The van der Waals surface area contributed by atoms with Gasteiger partial charge in [-0.3, -0.25) is 0 Å². The van der Waals surface area contributed by atoms with Crippen molar-refractivity contribution in [1.82, 2.24) is 15.3 Å². The molecular weight excluding hydrogens is 618 g/mol. The van der Waals surface area contributed by atoms with Crippen molar-refractivity contribution in [2.45, 2.75) is 37.1 Å². The highest BCUT2D eigenvalue weighted by atomic mass is 35.5. The first-order valence-corrected chi connectivity index (χ1v) is 18.0. The number of rotatable bonds is 13. The highest BCUT2D eigenvalue weighted by molar-refractivity contribution is 7.93. The summed E-state index contributed by atoms with van der Waals surface area (Å²) >= 11 is 12.3. The lowest BCUT2D eigenvalue weighted by atomic mass is 10.2. The van der Waals surface area contributed by atoms with Gasteiger partial charge in [-0.2, -0.15) is 4.98 Å². The van der Waals surface area contributed by atoms with E-state index in [1.54, 1.807) is 0 Å². The van der Waals surface area contributed by atoms with Gasteiger partial charge in [0.25, 0.3) is 15.9 Å².